The van der Waals surface area contributed by atoms with E-state index in [2.05, 4.69) is 222 Å². The number of benzene rings is 6. The van der Waals surface area contributed by atoms with Crippen LogP contribution in [0.15, 0.2) is 120 Å². The van der Waals surface area contributed by atoms with E-state index in [1.165, 1.54) is 89.0 Å². The summed E-state index contributed by atoms with van der Waals surface area (Å²) in [6, 6.07) is 44.5. The van der Waals surface area contributed by atoms with Crippen molar-refractivity contribution in [2.75, 3.05) is 9.80 Å². The third-order valence-electron chi connectivity index (χ3n) is 14.8. The second kappa shape index (κ2) is 13.8. The van der Waals surface area contributed by atoms with Crippen molar-refractivity contribution in [3.05, 3.63) is 149 Å². The van der Waals surface area contributed by atoms with E-state index in [0.29, 0.717) is 0 Å². The van der Waals surface area contributed by atoms with Gasteiger partial charge in [0.2, 0.25) is 5.88 Å². The van der Waals surface area contributed by atoms with Crippen LogP contribution < -0.4 is 26.2 Å². The molecular formula is C59H65BN2O. The minimum Gasteiger partial charge on any atom is -0.440 e. The van der Waals surface area contributed by atoms with Gasteiger partial charge in [-0.25, -0.2) is 0 Å². The summed E-state index contributed by atoms with van der Waals surface area (Å²) in [7, 11) is 0. The van der Waals surface area contributed by atoms with E-state index in [1.54, 1.807) is 0 Å². The van der Waals surface area contributed by atoms with E-state index in [0.717, 1.165) is 30.0 Å². The SMILES string of the molecule is Cc1cc2c3c(c1)N(c1ccc(C(C)(C)C)cc1-c1ccccc1)c1oc4ccc(C(C)(C)C)cc4c1B3c1cc3c(cc1N2c1ccc(C(C)(C)C)cc1)C(C)(C)CCC3(C)C. The maximum atomic E-state index is 7.38. The number of nitrogens with zero attached hydrogens (tertiary/aromatic N) is 2. The molecule has 6 aromatic carbocycles. The molecule has 0 saturated carbocycles. The van der Waals surface area contributed by atoms with Crippen molar-refractivity contribution in [2.45, 2.75) is 137 Å². The summed E-state index contributed by atoms with van der Waals surface area (Å²) < 4.78 is 7.38. The van der Waals surface area contributed by atoms with Crippen molar-refractivity contribution in [2.24, 2.45) is 0 Å². The van der Waals surface area contributed by atoms with Crippen molar-refractivity contribution in [1.82, 2.24) is 0 Å². The Balaban J connectivity index is 1.36. The summed E-state index contributed by atoms with van der Waals surface area (Å²) in [6.45, 7) is 32.9. The van der Waals surface area contributed by atoms with Gasteiger partial charge in [-0.3, -0.25) is 4.90 Å². The van der Waals surface area contributed by atoms with E-state index < -0.39 is 0 Å². The van der Waals surface area contributed by atoms with Crippen LogP contribution in [0.3, 0.4) is 0 Å². The summed E-state index contributed by atoms with van der Waals surface area (Å²) in [5, 5.41) is 1.20. The van der Waals surface area contributed by atoms with Crippen LogP contribution in [0.25, 0.3) is 22.1 Å². The van der Waals surface area contributed by atoms with Gasteiger partial charge in [-0.1, -0.05) is 151 Å². The van der Waals surface area contributed by atoms with Crippen LogP contribution >= 0.6 is 0 Å². The van der Waals surface area contributed by atoms with Crippen LogP contribution in [0.1, 0.15) is 136 Å². The molecule has 0 bridgehead atoms. The molecular weight excluding hydrogens is 763 g/mol. The monoisotopic (exact) mass is 829 g/mol. The highest BCUT2D eigenvalue weighted by atomic mass is 16.4. The van der Waals surface area contributed by atoms with Gasteiger partial charge in [0.05, 0.1) is 5.69 Å². The lowest BCUT2D eigenvalue weighted by atomic mass is 9.33. The van der Waals surface area contributed by atoms with Crippen LogP contribution in [0, 0.1) is 6.92 Å². The molecule has 1 aromatic heterocycles. The Morgan fingerprint density at radius 3 is 1.70 bits per heavy atom. The van der Waals surface area contributed by atoms with Gasteiger partial charge in [-0.05, 0) is 151 Å². The average molecular weight is 829 g/mol. The molecule has 1 aliphatic carbocycles. The number of fused-ring (bicyclic) bond motifs is 7. The molecule has 0 saturated heterocycles. The van der Waals surface area contributed by atoms with E-state index in [1.807, 2.05) is 0 Å². The zero-order valence-electron chi connectivity index (χ0n) is 40.3. The molecule has 2 aliphatic heterocycles. The molecule has 4 heteroatoms. The van der Waals surface area contributed by atoms with E-state index in [4.69, 9.17) is 4.42 Å². The fourth-order valence-corrected chi connectivity index (χ4v) is 10.9. The molecule has 320 valence electrons. The summed E-state index contributed by atoms with van der Waals surface area (Å²) in [4.78, 5) is 5.09. The molecule has 7 aromatic rings. The lowest BCUT2D eigenvalue weighted by molar-refractivity contribution is 0.332. The molecule has 0 atom stereocenters. The predicted octanol–water partition coefficient (Wildman–Crippen LogP) is 14.7. The van der Waals surface area contributed by atoms with E-state index >= 15 is 0 Å². The first kappa shape index (κ1) is 41.5. The van der Waals surface area contributed by atoms with Gasteiger partial charge in [0.15, 0.2) is 0 Å². The highest BCUT2D eigenvalue weighted by Gasteiger charge is 2.49. The zero-order valence-corrected chi connectivity index (χ0v) is 40.3. The van der Waals surface area contributed by atoms with Crippen LogP contribution in [0.2, 0.25) is 0 Å². The van der Waals surface area contributed by atoms with Gasteiger partial charge in [0.1, 0.15) is 5.58 Å². The second-order valence-electron chi connectivity index (χ2n) is 23.5. The number of anilines is 6. The first-order valence-electron chi connectivity index (χ1n) is 23.3. The number of rotatable bonds is 3. The fraction of sp³-hybridized carbons (Fsp3) is 0.356. The van der Waals surface area contributed by atoms with Crippen molar-refractivity contribution in [1.29, 1.82) is 0 Å². The Kier molecular flexibility index (Phi) is 9.07. The normalized spacial score (nSPS) is 16.4. The van der Waals surface area contributed by atoms with Gasteiger partial charge in [0.25, 0.3) is 6.71 Å². The first-order valence-corrected chi connectivity index (χ1v) is 23.3. The lowest BCUT2D eigenvalue weighted by Gasteiger charge is -2.47. The van der Waals surface area contributed by atoms with Crippen LogP contribution in [0.5, 0.6) is 0 Å². The highest BCUT2D eigenvalue weighted by Crippen LogP contribution is 2.52. The first-order chi connectivity index (χ1) is 29.5. The number of hydrogen-bond acceptors (Lipinski definition) is 3. The summed E-state index contributed by atoms with van der Waals surface area (Å²) in [6.07, 6.45) is 2.32. The van der Waals surface area contributed by atoms with Crippen molar-refractivity contribution >= 4 is 68.4 Å². The minimum atomic E-state index is -0.0569. The molecule has 63 heavy (non-hydrogen) atoms. The standard InChI is InChI=1S/C59H65BN2O/c1-36-30-49-53-50(31-36)62(47-26-22-39(56(5,6)7)32-42(47)37-18-16-15-17-19-37)54-52(43-33-40(57(8,9)10)23-27-51(43)63-54)60(53)46-34-44-45(59(13,14)29-28-58(44,11)12)35-48(46)61(49)41-24-20-38(21-25-41)55(2,3)4/h15-27,30-35H,28-29H2,1-14H3. The van der Waals surface area contributed by atoms with Gasteiger partial charge in [0, 0.05) is 39.2 Å². The molecule has 10 rings (SSSR count). The maximum Gasteiger partial charge on any atom is 0.257 e. The molecule has 0 radical (unpaired) electrons. The Morgan fingerprint density at radius 2 is 1.08 bits per heavy atom. The fourth-order valence-electron chi connectivity index (χ4n) is 10.9. The predicted molar refractivity (Wildman–Crippen MR) is 272 cm³/mol. The van der Waals surface area contributed by atoms with E-state index in [9.17, 15) is 0 Å². The molecule has 3 heterocycles. The third-order valence-corrected chi connectivity index (χ3v) is 14.8. The summed E-state index contributed by atoms with van der Waals surface area (Å²) in [5.41, 5.74) is 21.4. The van der Waals surface area contributed by atoms with Gasteiger partial charge in [-0.15, -0.1) is 0 Å². The summed E-state index contributed by atoms with van der Waals surface area (Å²) in [5.74, 6) is 0.914. The van der Waals surface area contributed by atoms with Gasteiger partial charge < -0.3 is 9.32 Å². The highest BCUT2D eigenvalue weighted by molar-refractivity contribution is 7.01. The van der Waals surface area contributed by atoms with Gasteiger partial charge in [-0.2, -0.15) is 0 Å². The Hall–Kier alpha value is -5.48. The zero-order chi connectivity index (χ0) is 44.8. The Bertz CT molecular complexity index is 2960. The number of furan rings is 1. The topological polar surface area (TPSA) is 19.6 Å². The smallest absolute Gasteiger partial charge is 0.257 e. The number of aryl methyl sites for hydroxylation is 1. The van der Waals surface area contributed by atoms with Crippen molar-refractivity contribution < 1.29 is 4.42 Å². The summed E-state index contributed by atoms with van der Waals surface area (Å²) >= 11 is 0. The van der Waals surface area contributed by atoms with Gasteiger partial charge >= 0.3 is 0 Å². The Morgan fingerprint density at radius 1 is 0.524 bits per heavy atom. The largest absolute Gasteiger partial charge is 0.440 e. The molecule has 0 amide bonds. The lowest BCUT2D eigenvalue weighted by Crippen LogP contribution is -2.61. The molecule has 3 aliphatic rings. The van der Waals surface area contributed by atoms with E-state index in [-0.39, 0.29) is 33.8 Å². The number of hydrogen-bond donors (Lipinski definition) is 0. The van der Waals surface area contributed by atoms with Crippen molar-refractivity contribution in [3.8, 4) is 11.1 Å². The van der Waals surface area contributed by atoms with Crippen LogP contribution in [-0.4, -0.2) is 6.71 Å². The maximum absolute atomic E-state index is 7.38. The third kappa shape index (κ3) is 6.60. The minimum absolute atomic E-state index is 0.0281. The molecule has 3 nitrogen and oxygen atoms in total. The molecule has 0 unspecified atom stereocenters. The van der Waals surface area contributed by atoms with Crippen molar-refractivity contribution in [3.63, 3.8) is 0 Å². The molecule has 0 N–H and O–H groups in total. The molecule has 0 spiro atoms. The quantitative estimate of drug-likeness (QED) is 0.165. The Labute approximate surface area is 377 Å². The van der Waals surface area contributed by atoms with Crippen LogP contribution in [0.4, 0.5) is 34.3 Å². The second-order valence-corrected chi connectivity index (χ2v) is 23.5. The average Bonchev–Trinajstić information content (AvgIpc) is 3.60. The molecule has 0 fully saturated rings. The van der Waals surface area contributed by atoms with Crippen LogP contribution in [-0.2, 0) is 27.1 Å².